The Morgan fingerprint density at radius 2 is 1.85 bits per heavy atom. The summed E-state index contributed by atoms with van der Waals surface area (Å²) in [6.45, 7) is 0.349. The molecule has 0 unspecified atom stereocenters. The second kappa shape index (κ2) is 6.33. The number of carbonyl (C=O) groups excluding carboxylic acids is 1. The first-order valence-electron chi connectivity index (χ1n) is 5.94. The van der Waals surface area contributed by atoms with Crippen LogP contribution in [0.2, 0.25) is 0 Å². The van der Waals surface area contributed by atoms with Crippen LogP contribution in [-0.2, 0) is 6.54 Å². The lowest BCUT2D eigenvalue weighted by molar-refractivity contribution is 0.0697. The van der Waals surface area contributed by atoms with E-state index in [1.54, 1.807) is 0 Å². The predicted octanol–water partition coefficient (Wildman–Crippen LogP) is 2.10. The van der Waals surface area contributed by atoms with Crippen LogP contribution in [-0.4, -0.2) is 22.1 Å². The molecule has 0 aliphatic heterocycles. The summed E-state index contributed by atoms with van der Waals surface area (Å²) in [5, 5.41) is 14.0. The third-order valence-corrected chi connectivity index (χ3v) is 2.57. The highest BCUT2D eigenvalue weighted by molar-refractivity contribution is 5.98. The van der Waals surface area contributed by atoms with Crippen LogP contribution in [0.15, 0.2) is 48.7 Å². The minimum Gasteiger partial charge on any atom is -0.478 e. The van der Waals surface area contributed by atoms with E-state index in [1.165, 1.54) is 18.3 Å². The monoisotopic (exact) mass is 271 g/mol. The Morgan fingerprint density at radius 3 is 2.55 bits per heavy atom. The number of pyridine rings is 1. The molecule has 0 saturated carbocycles. The number of carbonyl (C=O) groups is 2. The standard InChI is InChI=1S/C14H13N3O3/c18-13(19)11-7-4-8-15-12(11)17-14(20)16-9-10-5-2-1-3-6-10/h1-8H,9H2,(H,18,19)(H2,15,16,17,20). The molecule has 0 bridgehead atoms. The van der Waals surface area contributed by atoms with Crippen molar-refractivity contribution in [3.05, 3.63) is 59.8 Å². The minimum absolute atomic E-state index is 0.0190. The van der Waals surface area contributed by atoms with Gasteiger partial charge in [-0.15, -0.1) is 0 Å². The number of nitrogens with zero attached hydrogens (tertiary/aromatic N) is 1. The van der Waals surface area contributed by atoms with Crippen LogP contribution in [0.25, 0.3) is 0 Å². The van der Waals surface area contributed by atoms with Gasteiger partial charge in [0.05, 0.1) is 0 Å². The fourth-order valence-electron chi connectivity index (χ4n) is 1.61. The van der Waals surface area contributed by atoms with Crippen molar-refractivity contribution in [2.75, 3.05) is 5.32 Å². The maximum Gasteiger partial charge on any atom is 0.339 e. The molecule has 0 spiro atoms. The van der Waals surface area contributed by atoms with Gasteiger partial charge in [-0.25, -0.2) is 14.6 Å². The first kappa shape index (κ1) is 13.5. The lowest BCUT2D eigenvalue weighted by Crippen LogP contribution is -2.29. The van der Waals surface area contributed by atoms with E-state index in [9.17, 15) is 9.59 Å². The van der Waals surface area contributed by atoms with E-state index in [-0.39, 0.29) is 11.4 Å². The lowest BCUT2D eigenvalue weighted by atomic mass is 10.2. The summed E-state index contributed by atoms with van der Waals surface area (Å²) >= 11 is 0. The SMILES string of the molecule is O=C(NCc1ccccc1)Nc1ncccc1C(=O)O. The Labute approximate surface area is 115 Å². The topological polar surface area (TPSA) is 91.3 Å². The molecule has 0 saturated heterocycles. The highest BCUT2D eigenvalue weighted by atomic mass is 16.4. The van der Waals surface area contributed by atoms with Crippen molar-refractivity contribution < 1.29 is 14.7 Å². The normalized spacial score (nSPS) is 9.80. The minimum atomic E-state index is -1.14. The Kier molecular flexibility index (Phi) is 4.28. The van der Waals surface area contributed by atoms with Gasteiger partial charge in [0.1, 0.15) is 11.4 Å². The number of anilines is 1. The van der Waals surface area contributed by atoms with E-state index in [1.807, 2.05) is 30.3 Å². The van der Waals surface area contributed by atoms with Gasteiger partial charge in [0.2, 0.25) is 0 Å². The number of carboxylic acids is 1. The number of amides is 2. The Hall–Kier alpha value is -2.89. The molecule has 1 heterocycles. The molecule has 6 heteroatoms. The second-order valence-corrected chi connectivity index (χ2v) is 4.00. The molecule has 2 amide bonds. The zero-order valence-corrected chi connectivity index (χ0v) is 10.5. The number of benzene rings is 1. The van der Waals surface area contributed by atoms with Gasteiger partial charge in [-0.05, 0) is 17.7 Å². The van der Waals surface area contributed by atoms with Crippen LogP contribution in [0, 0.1) is 0 Å². The zero-order chi connectivity index (χ0) is 14.4. The van der Waals surface area contributed by atoms with E-state index in [4.69, 9.17) is 5.11 Å². The number of urea groups is 1. The van der Waals surface area contributed by atoms with Gasteiger partial charge >= 0.3 is 12.0 Å². The Bertz CT molecular complexity index is 614. The largest absolute Gasteiger partial charge is 0.478 e. The zero-order valence-electron chi connectivity index (χ0n) is 10.5. The van der Waals surface area contributed by atoms with Gasteiger partial charge in [0.25, 0.3) is 0 Å². The van der Waals surface area contributed by atoms with E-state index in [2.05, 4.69) is 15.6 Å². The quantitative estimate of drug-likeness (QED) is 0.794. The molecule has 1 aromatic carbocycles. The van der Waals surface area contributed by atoms with Crippen molar-refractivity contribution >= 4 is 17.8 Å². The highest BCUT2D eigenvalue weighted by Gasteiger charge is 2.12. The van der Waals surface area contributed by atoms with Gasteiger partial charge in [-0.2, -0.15) is 0 Å². The number of aromatic carboxylic acids is 1. The number of nitrogens with one attached hydrogen (secondary N) is 2. The van der Waals surface area contributed by atoms with Crippen LogP contribution in [0.1, 0.15) is 15.9 Å². The molecule has 1 aromatic heterocycles. The van der Waals surface area contributed by atoms with Crippen LogP contribution in [0.5, 0.6) is 0 Å². The Morgan fingerprint density at radius 1 is 1.10 bits per heavy atom. The molecular weight excluding hydrogens is 258 g/mol. The second-order valence-electron chi connectivity index (χ2n) is 4.00. The number of hydrogen-bond acceptors (Lipinski definition) is 3. The number of hydrogen-bond donors (Lipinski definition) is 3. The average molecular weight is 271 g/mol. The first-order chi connectivity index (χ1) is 9.66. The van der Waals surface area contributed by atoms with Crippen molar-refractivity contribution in [1.82, 2.24) is 10.3 Å². The smallest absolute Gasteiger partial charge is 0.339 e. The molecule has 2 aromatic rings. The van der Waals surface area contributed by atoms with Crippen molar-refractivity contribution in [3.63, 3.8) is 0 Å². The van der Waals surface area contributed by atoms with Crippen LogP contribution >= 0.6 is 0 Å². The molecule has 102 valence electrons. The summed E-state index contributed by atoms with van der Waals surface area (Å²) in [4.78, 5) is 26.5. The highest BCUT2D eigenvalue weighted by Crippen LogP contribution is 2.10. The summed E-state index contributed by atoms with van der Waals surface area (Å²) in [6, 6.07) is 11.8. The molecular formula is C14H13N3O3. The molecule has 2 rings (SSSR count). The maximum absolute atomic E-state index is 11.7. The fraction of sp³-hybridized carbons (Fsp3) is 0.0714. The first-order valence-corrected chi connectivity index (χ1v) is 5.94. The van der Waals surface area contributed by atoms with E-state index >= 15 is 0 Å². The summed E-state index contributed by atoms with van der Waals surface area (Å²) in [7, 11) is 0. The maximum atomic E-state index is 11.7. The van der Waals surface area contributed by atoms with Crippen molar-refractivity contribution in [1.29, 1.82) is 0 Å². The van der Waals surface area contributed by atoms with Crippen molar-refractivity contribution in [2.45, 2.75) is 6.54 Å². The summed E-state index contributed by atoms with van der Waals surface area (Å²) < 4.78 is 0. The van der Waals surface area contributed by atoms with Gasteiger partial charge in [0, 0.05) is 12.7 Å². The summed E-state index contributed by atoms with van der Waals surface area (Å²) in [5.41, 5.74) is 0.893. The molecule has 0 radical (unpaired) electrons. The van der Waals surface area contributed by atoms with Crippen LogP contribution in [0.3, 0.4) is 0 Å². The van der Waals surface area contributed by atoms with E-state index in [0.717, 1.165) is 5.56 Å². The molecule has 3 N–H and O–H groups in total. The van der Waals surface area contributed by atoms with Crippen LogP contribution < -0.4 is 10.6 Å². The van der Waals surface area contributed by atoms with Gasteiger partial charge < -0.3 is 10.4 Å². The Balaban J connectivity index is 1.97. The molecule has 0 aliphatic carbocycles. The van der Waals surface area contributed by atoms with Gasteiger partial charge in [-0.1, -0.05) is 30.3 Å². The number of aromatic nitrogens is 1. The molecule has 0 aliphatic rings. The fourth-order valence-corrected chi connectivity index (χ4v) is 1.61. The van der Waals surface area contributed by atoms with E-state index < -0.39 is 12.0 Å². The van der Waals surface area contributed by atoms with E-state index in [0.29, 0.717) is 6.54 Å². The molecule has 0 atom stereocenters. The van der Waals surface area contributed by atoms with Crippen molar-refractivity contribution in [3.8, 4) is 0 Å². The average Bonchev–Trinajstić information content (AvgIpc) is 2.46. The number of carboxylic acid groups (broad SMARTS) is 1. The third kappa shape index (κ3) is 3.55. The predicted molar refractivity (Wildman–Crippen MR) is 73.5 cm³/mol. The number of rotatable bonds is 4. The van der Waals surface area contributed by atoms with Gasteiger partial charge in [-0.3, -0.25) is 5.32 Å². The van der Waals surface area contributed by atoms with Crippen molar-refractivity contribution in [2.24, 2.45) is 0 Å². The lowest BCUT2D eigenvalue weighted by Gasteiger charge is -2.08. The third-order valence-electron chi connectivity index (χ3n) is 2.57. The molecule has 0 fully saturated rings. The molecule has 6 nitrogen and oxygen atoms in total. The van der Waals surface area contributed by atoms with Gasteiger partial charge in [0.15, 0.2) is 0 Å². The van der Waals surface area contributed by atoms with Crippen LogP contribution in [0.4, 0.5) is 10.6 Å². The molecule has 20 heavy (non-hydrogen) atoms. The summed E-state index contributed by atoms with van der Waals surface area (Å²) in [6.07, 6.45) is 1.42. The summed E-state index contributed by atoms with van der Waals surface area (Å²) in [5.74, 6) is -1.12.